The van der Waals surface area contributed by atoms with Gasteiger partial charge in [-0.3, -0.25) is 4.72 Å². The lowest BCUT2D eigenvalue weighted by Gasteiger charge is -2.09. The third-order valence-electron chi connectivity index (χ3n) is 2.52. The highest BCUT2D eigenvalue weighted by Gasteiger charge is 2.15. The average molecular weight is 344 g/mol. The van der Waals surface area contributed by atoms with Crippen LogP contribution in [0.4, 0.5) is 10.1 Å². The molecule has 2 aromatic carbocycles. The highest BCUT2D eigenvalue weighted by Crippen LogP contribution is 2.21. The van der Waals surface area contributed by atoms with E-state index in [1.54, 1.807) is 24.3 Å². The van der Waals surface area contributed by atoms with Gasteiger partial charge in [0.1, 0.15) is 5.82 Å². The molecule has 0 aromatic heterocycles. The second-order valence-electron chi connectivity index (χ2n) is 4.03. The van der Waals surface area contributed by atoms with Crippen LogP contribution in [0.15, 0.2) is 51.8 Å². The van der Waals surface area contributed by atoms with E-state index in [1.165, 1.54) is 19.1 Å². The maximum atomic E-state index is 13.1. The van der Waals surface area contributed by atoms with Gasteiger partial charge in [0.25, 0.3) is 10.0 Å². The molecule has 0 heterocycles. The Morgan fingerprint density at radius 1 is 1.16 bits per heavy atom. The molecule has 100 valence electrons. The fourth-order valence-corrected chi connectivity index (χ4v) is 3.08. The molecule has 3 nitrogen and oxygen atoms in total. The average Bonchev–Trinajstić information content (AvgIpc) is 2.32. The van der Waals surface area contributed by atoms with Gasteiger partial charge in [-0.1, -0.05) is 22.0 Å². The second-order valence-corrected chi connectivity index (χ2v) is 6.62. The van der Waals surface area contributed by atoms with Gasteiger partial charge in [-0.2, -0.15) is 0 Å². The molecule has 0 atom stereocenters. The highest BCUT2D eigenvalue weighted by molar-refractivity contribution is 9.10. The Balaban J connectivity index is 2.35. The molecule has 0 bridgehead atoms. The van der Waals surface area contributed by atoms with Crippen molar-refractivity contribution in [2.45, 2.75) is 11.8 Å². The van der Waals surface area contributed by atoms with Crippen LogP contribution in [0.1, 0.15) is 5.56 Å². The Bertz CT molecular complexity index is 716. The Morgan fingerprint density at radius 2 is 1.89 bits per heavy atom. The number of sulfonamides is 1. The monoisotopic (exact) mass is 343 g/mol. The van der Waals surface area contributed by atoms with Crippen LogP contribution in [0.2, 0.25) is 0 Å². The van der Waals surface area contributed by atoms with Crippen molar-refractivity contribution in [2.24, 2.45) is 0 Å². The van der Waals surface area contributed by atoms with Gasteiger partial charge in [-0.25, -0.2) is 12.8 Å². The molecule has 0 unspecified atom stereocenters. The standard InChI is InChI=1S/C13H11BrFNO2S/c1-9-7-12(5-6-13(9)15)19(17,18)16-11-4-2-3-10(14)8-11/h2-8,16H,1H3. The number of anilines is 1. The molecule has 0 saturated heterocycles. The maximum absolute atomic E-state index is 13.1. The fraction of sp³-hybridized carbons (Fsp3) is 0.0769. The lowest BCUT2D eigenvalue weighted by Crippen LogP contribution is -2.13. The summed E-state index contributed by atoms with van der Waals surface area (Å²) in [6.07, 6.45) is 0. The van der Waals surface area contributed by atoms with Crippen molar-refractivity contribution in [2.75, 3.05) is 4.72 Å². The van der Waals surface area contributed by atoms with E-state index in [-0.39, 0.29) is 10.5 Å². The Kier molecular flexibility index (Phi) is 3.91. The largest absolute Gasteiger partial charge is 0.280 e. The number of halogens is 2. The van der Waals surface area contributed by atoms with Gasteiger partial charge in [0, 0.05) is 10.2 Å². The van der Waals surface area contributed by atoms with Crippen LogP contribution >= 0.6 is 15.9 Å². The summed E-state index contributed by atoms with van der Waals surface area (Å²) in [5.41, 5.74) is 0.730. The first-order chi connectivity index (χ1) is 8.88. The van der Waals surface area contributed by atoms with Crippen molar-refractivity contribution in [3.8, 4) is 0 Å². The Morgan fingerprint density at radius 3 is 2.53 bits per heavy atom. The molecule has 2 rings (SSSR count). The van der Waals surface area contributed by atoms with E-state index in [4.69, 9.17) is 0 Å². The molecular weight excluding hydrogens is 333 g/mol. The lowest BCUT2D eigenvalue weighted by atomic mass is 10.2. The summed E-state index contributed by atoms with van der Waals surface area (Å²) < 4.78 is 40.6. The fourth-order valence-electron chi connectivity index (χ4n) is 1.55. The van der Waals surface area contributed by atoms with Gasteiger partial charge >= 0.3 is 0 Å². The van der Waals surface area contributed by atoms with E-state index < -0.39 is 15.8 Å². The van der Waals surface area contributed by atoms with E-state index in [9.17, 15) is 12.8 Å². The van der Waals surface area contributed by atoms with Gasteiger partial charge in [0.15, 0.2) is 0 Å². The molecule has 2 aromatic rings. The molecule has 0 saturated carbocycles. The van der Waals surface area contributed by atoms with E-state index in [2.05, 4.69) is 20.7 Å². The number of benzene rings is 2. The zero-order valence-electron chi connectivity index (χ0n) is 10.0. The SMILES string of the molecule is Cc1cc(S(=O)(=O)Nc2cccc(Br)c2)ccc1F. The molecule has 1 N–H and O–H groups in total. The molecule has 0 radical (unpaired) electrons. The van der Waals surface area contributed by atoms with Crippen molar-refractivity contribution in [3.63, 3.8) is 0 Å². The van der Waals surface area contributed by atoms with Gasteiger partial charge in [-0.15, -0.1) is 0 Å². The summed E-state index contributed by atoms with van der Waals surface area (Å²) in [4.78, 5) is 0.0337. The molecular formula is C13H11BrFNO2S. The summed E-state index contributed by atoms with van der Waals surface area (Å²) >= 11 is 3.26. The molecule has 6 heteroatoms. The molecule has 0 aliphatic heterocycles. The summed E-state index contributed by atoms with van der Waals surface area (Å²) in [6, 6.07) is 10.5. The van der Waals surface area contributed by atoms with Crippen LogP contribution in [-0.2, 0) is 10.0 Å². The first kappa shape index (κ1) is 14.0. The molecule has 0 aliphatic carbocycles. The molecule has 19 heavy (non-hydrogen) atoms. The van der Waals surface area contributed by atoms with E-state index in [0.717, 1.165) is 10.5 Å². The Labute approximate surface area is 119 Å². The summed E-state index contributed by atoms with van der Waals surface area (Å²) in [5, 5.41) is 0. The van der Waals surface area contributed by atoms with Crippen molar-refractivity contribution in [1.29, 1.82) is 0 Å². The van der Waals surface area contributed by atoms with E-state index in [1.807, 2.05) is 0 Å². The maximum Gasteiger partial charge on any atom is 0.261 e. The smallest absolute Gasteiger partial charge is 0.261 e. The third-order valence-corrected chi connectivity index (χ3v) is 4.39. The summed E-state index contributed by atoms with van der Waals surface area (Å²) in [7, 11) is -3.71. The summed E-state index contributed by atoms with van der Waals surface area (Å²) in [6.45, 7) is 1.52. The van der Waals surface area contributed by atoms with Crippen LogP contribution in [0, 0.1) is 12.7 Å². The van der Waals surface area contributed by atoms with Crippen LogP contribution in [0.5, 0.6) is 0 Å². The minimum absolute atomic E-state index is 0.0337. The summed E-state index contributed by atoms with van der Waals surface area (Å²) in [5.74, 6) is -0.429. The van der Waals surface area contributed by atoms with Gasteiger partial charge in [-0.05, 0) is 48.9 Å². The van der Waals surface area contributed by atoms with E-state index >= 15 is 0 Å². The van der Waals surface area contributed by atoms with E-state index in [0.29, 0.717) is 5.69 Å². The number of hydrogen-bond acceptors (Lipinski definition) is 2. The number of hydrogen-bond donors (Lipinski definition) is 1. The topological polar surface area (TPSA) is 46.2 Å². The predicted molar refractivity (Wildman–Crippen MR) is 76.1 cm³/mol. The molecule has 0 amide bonds. The second kappa shape index (κ2) is 5.30. The van der Waals surface area contributed by atoms with Crippen LogP contribution in [-0.4, -0.2) is 8.42 Å². The molecule has 0 aliphatic rings. The first-order valence-electron chi connectivity index (χ1n) is 5.43. The minimum atomic E-state index is -3.71. The van der Waals surface area contributed by atoms with Crippen molar-refractivity contribution in [1.82, 2.24) is 0 Å². The van der Waals surface area contributed by atoms with Crippen molar-refractivity contribution >= 4 is 31.6 Å². The van der Waals surface area contributed by atoms with Crippen LogP contribution < -0.4 is 4.72 Å². The zero-order chi connectivity index (χ0) is 14.0. The lowest BCUT2D eigenvalue weighted by molar-refractivity contribution is 0.598. The highest BCUT2D eigenvalue weighted by atomic mass is 79.9. The first-order valence-corrected chi connectivity index (χ1v) is 7.71. The quantitative estimate of drug-likeness (QED) is 0.923. The zero-order valence-corrected chi connectivity index (χ0v) is 12.4. The van der Waals surface area contributed by atoms with Crippen molar-refractivity contribution < 1.29 is 12.8 Å². The van der Waals surface area contributed by atoms with Crippen molar-refractivity contribution in [3.05, 3.63) is 58.3 Å². The Hall–Kier alpha value is -1.40. The van der Waals surface area contributed by atoms with Gasteiger partial charge < -0.3 is 0 Å². The third kappa shape index (κ3) is 3.33. The number of rotatable bonds is 3. The number of aryl methyl sites for hydroxylation is 1. The number of nitrogens with one attached hydrogen (secondary N) is 1. The molecule has 0 spiro atoms. The molecule has 0 fully saturated rings. The predicted octanol–water partition coefficient (Wildman–Crippen LogP) is 3.70. The normalized spacial score (nSPS) is 11.3. The van der Waals surface area contributed by atoms with Crippen LogP contribution in [0.25, 0.3) is 0 Å². The van der Waals surface area contributed by atoms with Crippen LogP contribution in [0.3, 0.4) is 0 Å². The van der Waals surface area contributed by atoms with Gasteiger partial charge in [0.05, 0.1) is 4.90 Å². The minimum Gasteiger partial charge on any atom is -0.280 e. The van der Waals surface area contributed by atoms with Gasteiger partial charge in [0.2, 0.25) is 0 Å².